The second-order valence-electron chi connectivity index (χ2n) is 5.82. The molecule has 0 aliphatic carbocycles. The van der Waals surface area contributed by atoms with Gasteiger partial charge in [0.2, 0.25) is 0 Å². The van der Waals surface area contributed by atoms with E-state index in [1.54, 1.807) is 0 Å². The lowest BCUT2D eigenvalue weighted by Crippen LogP contribution is -2.09. The van der Waals surface area contributed by atoms with E-state index in [0.29, 0.717) is 5.41 Å². The molecule has 0 nitrogen and oxygen atoms in total. The first-order chi connectivity index (χ1) is 7.48. The van der Waals surface area contributed by atoms with Gasteiger partial charge in [-0.25, -0.2) is 0 Å². The van der Waals surface area contributed by atoms with Gasteiger partial charge in [-0.2, -0.15) is 0 Å². The van der Waals surface area contributed by atoms with Crippen molar-refractivity contribution in [3.05, 3.63) is 24.3 Å². The van der Waals surface area contributed by atoms with Crippen LogP contribution in [0, 0.1) is 5.41 Å². The molecule has 94 valence electrons. The zero-order valence-corrected chi connectivity index (χ0v) is 11.8. The fourth-order valence-corrected chi connectivity index (χ4v) is 2.10. The first-order valence-electron chi connectivity index (χ1n) is 6.77. The minimum atomic E-state index is 0.381. The summed E-state index contributed by atoms with van der Waals surface area (Å²) in [4.78, 5) is 0. The molecule has 0 bridgehead atoms. The van der Waals surface area contributed by atoms with Crippen molar-refractivity contribution >= 4 is 0 Å². The summed E-state index contributed by atoms with van der Waals surface area (Å²) in [5, 5.41) is 0. The molecule has 0 heteroatoms. The number of allylic oxidation sites excluding steroid dienone is 3. The van der Waals surface area contributed by atoms with Crippen LogP contribution in [0.4, 0.5) is 0 Å². The summed E-state index contributed by atoms with van der Waals surface area (Å²) >= 11 is 0. The molecule has 0 radical (unpaired) electrons. The molecule has 0 amide bonds. The molecule has 0 aromatic carbocycles. The van der Waals surface area contributed by atoms with Crippen LogP contribution < -0.4 is 0 Å². The van der Waals surface area contributed by atoms with E-state index in [4.69, 9.17) is 0 Å². The molecule has 0 rings (SSSR count). The largest absolute Gasteiger partial charge is 0.100 e. The van der Waals surface area contributed by atoms with Gasteiger partial charge >= 0.3 is 0 Å². The van der Waals surface area contributed by atoms with Crippen molar-refractivity contribution in [2.45, 2.75) is 72.6 Å². The molecule has 0 heterocycles. The van der Waals surface area contributed by atoms with E-state index in [0.717, 1.165) is 6.42 Å². The van der Waals surface area contributed by atoms with Crippen LogP contribution in [0.1, 0.15) is 72.6 Å². The summed E-state index contributed by atoms with van der Waals surface area (Å²) in [6.45, 7) is 13.0. The van der Waals surface area contributed by atoms with Crippen molar-refractivity contribution in [3.63, 3.8) is 0 Å². The Labute approximate surface area is 103 Å². The molecular weight excluding hydrogens is 192 g/mol. The lowest BCUT2D eigenvalue weighted by molar-refractivity contribution is 0.368. The van der Waals surface area contributed by atoms with Crippen molar-refractivity contribution in [2.75, 3.05) is 0 Å². The third-order valence-corrected chi connectivity index (χ3v) is 2.84. The van der Waals surface area contributed by atoms with Crippen LogP contribution in [0.25, 0.3) is 0 Å². The van der Waals surface area contributed by atoms with E-state index in [1.165, 1.54) is 44.1 Å². The first kappa shape index (κ1) is 15.5. The molecule has 0 saturated carbocycles. The van der Waals surface area contributed by atoms with Crippen LogP contribution in [0.3, 0.4) is 0 Å². The summed E-state index contributed by atoms with van der Waals surface area (Å²) < 4.78 is 0. The smallest absolute Gasteiger partial charge is 0.0271 e. The quantitative estimate of drug-likeness (QED) is 0.337. The molecule has 0 aliphatic heterocycles. The highest BCUT2D eigenvalue weighted by Crippen LogP contribution is 2.28. The third kappa shape index (κ3) is 10.0. The highest BCUT2D eigenvalue weighted by Gasteiger charge is 2.15. The third-order valence-electron chi connectivity index (χ3n) is 2.84. The Morgan fingerprint density at radius 2 is 1.81 bits per heavy atom. The topological polar surface area (TPSA) is 0 Å². The summed E-state index contributed by atoms with van der Waals surface area (Å²) in [6, 6.07) is 0. The van der Waals surface area contributed by atoms with E-state index >= 15 is 0 Å². The Bertz CT molecular complexity index is 208. The number of rotatable bonds is 9. The van der Waals surface area contributed by atoms with Crippen LogP contribution in [0.15, 0.2) is 24.3 Å². The molecule has 0 aromatic rings. The summed E-state index contributed by atoms with van der Waals surface area (Å²) in [5.41, 5.74) is 1.67. The maximum Gasteiger partial charge on any atom is -0.0271 e. The average molecular weight is 222 g/mol. The number of hydrogen-bond donors (Lipinski definition) is 0. The van der Waals surface area contributed by atoms with Crippen molar-refractivity contribution in [2.24, 2.45) is 5.41 Å². The van der Waals surface area contributed by atoms with Gasteiger partial charge in [0.1, 0.15) is 0 Å². The van der Waals surface area contributed by atoms with Crippen molar-refractivity contribution < 1.29 is 0 Å². The highest BCUT2D eigenvalue weighted by atomic mass is 14.2. The monoisotopic (exact) mass is 222 g/mol. The van der Waals surface area contributed by atoms with Crippen molar-refractivity contribution in [1.82, 2.24) is 0 Å². The molecule has 0 N–H and O–H groups in total. The van der Waals surface area contributed by atoms with Gasteiger partial charge in [0, 0.05) is 0 Å². The summed E-state index contributed by atoms with van der Waals surface area (Å²) in [6.07, 6.45) is 13.7. The molecule has 0 atom stereocenters. The van der Waals surface area contributed by atoms with Crippen molar-refractivity contribution in [3.8, 4) is 0 Å². The van der Waals surface area contributed by atoms with E-state index in [-0.39, 0.29) is 0 Å². The molecular formula is C16H30. The highest BCUT2D eigenvalue weighted by molar-refractivity contribution is 4.97. The van der Waals surface area contributed by atoms with Crippen LogP contribution in [-0.2, 0) is 0 Å². The number of hydrogen-bond acceptors (Lipinski definition) is 0. The summed E-state index contributed by atoms with van der Waals surface area (Å²) in [7, 11) is 0. The Balaban J connectivity index is 3.61. The minimum Gasteiger partial charge on any atom is -0.100 e. The molecule has 0 spiro atoms. The normalized spacial score (nSPS) is 12.2. The van der Waals surface area contributed by atoms with Crippen LogP contribution in [0.5, 0.6) is 0 Å². The summed E-state index contributed by atoms with van der Waals surface area (Å²) in [5.74, 6) is 0. The van der Waals surface area contributed by atoms with Gasteiger partial charge in [0.15, 0.2) is 0 Å². The van der Waals surface area contributed by atoms with E-state index in [1.807, 2.05) is 0 Å². The predicted octanol–water partition coefficient (Wildman–Crippen LogP) is 5.90. The Kier molecular flexibility index (Phi) is 8.33. The first-order valence-corrected chi connectivity index (χ1v) is 6.77. The predicted molar refractivity (Wildman–Crippen MR) is 75.7 cm³/mol. The zero-order chi connectivity index (χ0) is 12.4. The maximum absolute atomic E-state index is 3.99. The molecule has 0 unspecified atom stereocenters. The van der Waals surface area contributed by atoms with Crippen LogP contribution >= 0.6 is 0 Å². The average Bonchev–Trinajstić information content (AvgIpc) is 2.14. The Hall–Kier alpha value is -0.520. The standard InChI is InChI=1S/C16H30/c1-6-7-8-9-10-11-12-13-16(4,5)14-15(2)3/h11-12H,2,6-10,13-14H2,1,3-5H3. The minimum absolute atomic E-state index is 0.381. The van der Waals surface area contributed by atoms with E-state index in [9.17, 15) is 0 Å². The van der Waals surface area contributed by atoms with Gasteiger partial charge in [-0.15, -0.1) is 6.58 Å². The van der Waals surface area contributed by atoms with Gasteiger partial charge in [0.05, 0.1) is 0 Å². The molecule has 0 saturated heterocycles. The van der Waals surface area contributed by atoms with E-state index < -0.39 is 0 Å². The van der Waals surface area contributed by atoms with Gasteiger partial charge in [-0.05, 0) is 38.0 Å². The maximum atomic E-state index is 3.99. The fourth-order valence-electron chi connectivity index (χ4n) is 2.10. The van der Waals surface area contributed by atoms with Gasteiger partial charge < -0.3 is 0 Å². The van der Waals surface area contributed by atoms with Crippen LogP contribution in [0.2, 0.25) is 0 Å². The second-order valence-corrected chi connectivity index (χ2v) is 5.82. The molecule has 0 aliphatic rings. The SMILES string of the molecule is C=C(C)CC(C)(C)CC=CCCCCCC. The Morgan fingerprint density at radius 1 is 1.12 bits per heavy atom. The molecule has 16 heavy (non-hydrogen) atoms. The Morgan fingerprint density at radius 3 is 2.38 bits per heavy atom. The van der Waals surface area contributed by atoms with E-state index in [2.05, 4.69) is 46.4 Å². The number of unbranched alkanes of at least 4 members (excludes halogenated alkanes) is 4. The van der Waals surface area contributed by atoms with Gasteiger partial charge in [-0.1, -0.05) is 57.8 Å². The van der Waals surface area contributed by atoms with Crippen LogP contribution in [-0.4, -0.2) is 0 Å². The van der Waals surface area contributed by atoms with Gasteiger partial charge in [-0.3, -0.25) is 0 Å². The second kappa shape index (κ2) is 8.61. The molecule has 0 fully saturated rings. The zero-order valence-electron chi connectivity index (χ0n) is 11.8. The lowest BCUT2D eigenvalue weighted by Gasteiger charge is -2.22. The fraction of sp³-hybridized carbons (Fsp3) is 0.750. The lowest BCUT2D eigenvalue weighted by atomic mass is 9.83. The van der Waals surface area contributed by atoms with Crippen molar-refractivity contribution in [1.29, 1.82) is 0 Å². The molecule has 0 aromatic heterocycles. The van der Waals surface area contributed by atoms with Gasteiger partial charge in [0.25, 0.3) is 0 Å².